The molecule has 0 unspecified atom stereocenters. The van der Waals surface area contributed by atoms with Gasteiger partial charge in [0.15, 0.2) is 11.6 Å². The van der Waals surface area contributed by atoms with Crippen LogP contribution in [-0.4, -0.2) is 54.2 Å². The Labute approximate surface area is 154 Å². The van der Waals surface area contributed by atoms with Crippen LogP contribution in [0.4, 0.5) is 22.0 Å². The van der Waals surface area contributed by atoms with Gasteiger partial charge in [-0.05, 0) is 40.9 Å². The van der Waals surface area contributed by atoms with Crippen LogP contribution in [0.3, 0.4) is 0 Å². The monoisotopic (exact) mass is 406 g/mol. The van der Waals surface area contributed by atoms with Gasteiger partial charge in [0.25, 0.3) is 0 Å². The lowest BCUT2D eigenvalue weighted by atomic mass is 10.3. The fourth-order valence-electron chi connectivity index (χ4n) is 3.37. The minimum Gasteiger partial charge on any atom is -0.356 e. The lowest BCUT2D eigenvalue weighted by molar-refractivity contribution is 0.584. The summed E-state index contributed by atoms with van der Waals surface area (Å²) >= 11 is 3.25. The number of aromatic nitrogens is 3. The number of hydrogen-bond acceptors (Lipinski definition) is 6. The molecule has 0 N–H and O–H groups in total. The van der Waals surface area contributed by atoms with Crippen LogP contribution in [0.2, 0.25) is 0 Å². The molecule has 2 aromatic heterocycles. The zero-order valence-electron chi connectivity index (χ0n) is 13.9. The van der Waals surface area contributed by atoms with Crippen LogP contribution in [0, 0.1) is 5.82 Å². The molecule has 0 bridgehead atoms. The Kier molecular flexibility index (Phi) is 4.70. The van der Waals surface area contributed by atoms with Crippen molar-refractivity contribution in [1.82, 2.24) is 15.0 Å². The summed E-state index contributed by atoms with van der Waals surface area (Å²) < 4.78 is 14.8. The van der Waals surface area contributed by atoms with Crippen LogP contribution < -0.4 is 14.7 Å². The highest BCUT2D eigenvalue weighted by Gasteiger charge is 2.23. The second-order valence-corrected chi connectivity index (χ2v) is 7.26. The Morgan fingerprint density at radius 2 is 1.64 bits per heavy atom. The Morgan fingerprint density at radius 3 is 2.36 bits per heavy atom. The van der Waals surface area contributed by atoms with Crippen molar-refractivity contribution in [3.63, 3.8) is 0 Å². The highest BCUT2D eigenvalue weighted by molar-refractivity contribution is 9.10. The average molecular weight is 407 g/mol. The van der Waals surface area contributed by atoms with Gasteiger partial charge in [-0.25, -0.2) is 14.4 Å². The molecule has 0 radical (unpaired) electrons. The van der Waals surface area contributed by atoms with Crippen LogP contribution in [0.25, 0.3) is 0 Å². The molecule has 0 aromatic carbocycles. The normalized spacial score (nSPS) is 18.1. The van der Waals surface area contributed by atoms with Crippen molar-refractivity contribution in [1.29, 1.82) is 0 Å². The number of piperazine rings is 1. The lowest BCUT2D eigenvalue weighted by Crippen LogP contribution is -2.47. The van der Waals surface area contributed by atoms with E-state index in [0.717, 1.165) is 37.9 Å². The van der Waals surface area contributed by atoms with E-state index in [1.54, 1.807) is 6.20 Å². The van der Waals surface area contributed by atoms with Gasteiger partial charge >= 0.3 is 0 Å². The summed E-state index contributed by atoms with van der Waals surface area (Å²) in [7, 11) is 0. The molecule has 2 fully saturated rings. The first-order chi connectivity index (χ1) is 12.2. The molecule has 2 aliphatic rings. The van der Waals surface area contributed by atoms with Crippen LogP contribution in [0.5, 0.6) is 0 Å². The number of rotatable bonds is 3. The van der Waals surface area contributed by atoms with Crippen molar-refractivity contribution in [3.05, 3.63) is 34.8 Å². The third-order valence-electron chi connectivity index (χ3n) is 4.71. The summed E-state index contributed by atoms with van der Waals surface area (Å²) in [5.74, 6) is 1.88. The van der Waals surface area contributed by atoms with Crippen molar-refractivity contribution in [2.24, 2.45) is 0 Å². The first kappa shape index (κ1) is 16.5. The molecule has 25 heavy (non-hydrogen) atoms. The van der Waals surface area contributed by atoms with E-state index in [-0.39, 0.29) is 5.82 Å². The molecule has 6 nitrogen and oxygen atoms in total. The summed E-state index contributed by atoms with van der Waals surface area (Å²) in [6.45, 7) is 5.03. The fourth-order valence-corrected chi connectivity index (χ4v) is 3.68. The van der Waals surface area contributed by atoms with Crippen molar-refractivity contribution in [2.75, 3.05) is 54.0 Å². The molecule has 0 amide bonds. The van der Waals surface area contributed by atoms with Gasteiger partial charge in [0, 0.05) is 56.1 Å². The Hall–Kier alpha value is -1.96. The molecule has 8 heteroatoms. The zero-order chi connectivity index (χ0) is 17.2. The molecule has 2 saturated heterocycles. The maximum Gasteiger partial charge on any atom is 0.227 e. The van der Waals surface area contributed by atoms with Gasteiger partial charge in [0.2, 0.25) is 5.95 Å². The average Bonchev–Trinajstić information content (AvgIpc) is 3.17. The van der Waals surface area contributed by atoms with E-state index in [1.165, 1.54) is 18.9 Å². The predicted molar refractivity (Wildman–Crippen MR) is 99.8 cm³/mol. The highest BCUT2D eigenvalue weighted by Crippen LogP contribution is 2.23. The first-order valence-corrected chi connectivity index (χ1v) is 9.39. The third-order valence-corrected chi connectivity index (χ3v) is 5.14. The molecular formula is C17H20BrFN6. The summed E-state index contributed by atoms with van der Waals surface area (Å²) in [6.07, 6.45) is 5.92. The van der Waals surface area contributed by atoms with Crippen LogP contribution in [0.1, 0.15) is 12.8 Å². The highest BCUT2D eigenvalue weighted by atomic mass is 79.9. The molecule has 0 saturated carbocycles. The van der Waals surface area contributed by atoms with Gasteiger partial charge in [0.1, 0.15) is 5.82 Å². The summed E-state index contributed by atoms with van der Waals surface area (Å²) in [5.41, 5.74) is 0. The van der Waals surface area contributed by atoms with E-state index in [2.05, 4.69) is 35.7 Å². The molecule has 132 valence electrons. The maximum absolute atomic E-state index is 14.1. The fraction of sp³-hybridized carbons (Fsp3) is 0.471. The van der Waals surface area contributed by atoms with Gasteiger partial charge < -0.3 is 14.7 Å². The van der Waals surface area contributed by atoms with E-state index >= 15 is 0 Å². The third kappa shape index (κ3) is 3.53. The van der Waals surface area contributed by atoms with Gasteiger partial charge in [-0.3, -0.25) is 0 Å². The second kappa shape index (κ2) is 7.11. The summed E-state index contributed by atoms with van der Waals surface area (Å²) in [5, 5.41) is 0. The van der Waals surface area contributed by atoms with Crippen LogP contribution in [-0.2, 0) is 0 Å². The predicted octanol–water partition coefficient (Wildman–Crippen LogP) is 2.70. The van der Waals surface area contributed by atoms with Gasteiger partial charge in [-0.15, -0.1) is 0 Å². The van der Waals surface area contributed by atoms with Crippen molar-refractivity contribution >= 4 is 33.5 Å². The topological polar surface area (TPSA) is 48.4 Å². The quantitative estimate of drug-likeness (QED) is 0.780. The molecular weight excluding hydrogens is 387 g/mol. The molecule has 4 rings (SSSR count). The minimum absolute atomic E-state index is 0.296. The Bertz CT molecular complexity index is 744. The molecule has 2 aliphatic heterocycles. The Morgan fingerprint density at radius 1 is 0.920 bits per heavy atom. The molecule has 0 aliphatic carbocycles. The first-order valence-electron chi connectivity index (χ1n) is 8.60. The molecule has 2 aromatic rings. The molecule has 4 heterocycles. The van der Waals surface area contributed by atoms with Crippen LogP contribution in [0.15, 0.2) is 29.0 Å². The van der Waals surface area contributed by atoms with Gasteiger partial charge in [-0.2, -0.15) is 4.98 Å². The maximum atomic E-state index is 14.1. The Balaban J connectivity index is 1.44. The number of pyridine rings is 1. The smallest absolute Gasteiger partial charge is 0.227 e. The number of anilines is 3. The molecule has 0 atom stereocenters. The van der Waals surface area contributed by atoms with Crippen molar-refractivity contribution < 1.29 is 4.39 Å². The van der Waals surface area contributed by atoms with E-state index in [0.29, 0.717) is 23.4 Å². The number of halogens is 2. The van der Waals surface area contributed by atoms with Crippen LogP contribution >= 0.6 is 15.9 Å². The number of nitrogens with zero attached hydrogens (tertiary/aromatic N) is 6. The van der Waals surface area contributed by atoms with Crippen molar-refractivity contribution in [2.45, 2.75) is 12.8 Å². The lowest BCUT2D eigenvalue weighted by Gasteiger charge is -2.35. The van der Waals surface area contributed by atoms with E-state index in [9.17, 15) is 4.39 Å². The largest absolute Gasteiger partial charge is 0.356 e. The number of hydrogen-bond donors (Lipinski definition) is 0. The standard InChI is InChI=1S/C17H20BrFN6/c18-13-11-14(19)16(21-12-13)24-7-9-25(10-8-24)17-20-4-3-15(22-17)23-5-1-2-6-23/h3-4,11-12H,1-2,5-10H2. The second-order valence-electron chi connectivity index (χ2n) is 6.34. The summed E-state index contributed by atoms with van der Waals surface area (Å²) in [4.78, 5) is 19.8. The SMILES string of the molecule is Fc1cc(Br)cnc1N1CCN(c2nccc(N3CCCC3)n2)CC1. The van der Waals surface area contributed by atoms with E-state index in [1.807, 2.05) is 17.2 Å². The molecule has 0 spiro atoms. The zero-order valence-corrected chi connectivity index (χ0v) is 15.5. The van der Waals surface area contributed by atoms with Gasteiger partial charge in [-0.1, -0.05) is 0 Å². The van der Waals surface area contributed by atoms with E-state index in [4.69, 9.17) is 4.98 Å². The summed E-state index contributed by atoms with van der Waals surface area (Å²) in [6, 6.07) is 3.43. The minimum atomic E-state index is -0.296. The van der Waals surface area contributed by atoms with Crippen molar-refractivity contribution in [3.8, 4) is 0 Å². The van der Waals surface area contributed by atoms with E-state index < -0.39 is 0 Å². The van der Waals surface area contributed by atoms with Gasteiger partial charge in [0.05, 0.1) is 0 Å².